The van der Waals surface area contributed by atoms with Crippen molar-refractivity contribution in [3.8, 4) is 0 Å². The molecule has 0 radical (unpaired) electrons. The van der Waals surface area contributed by atoms with E-state index in [-0.39, 0.29) is 0 Å². The molecule has 0 aromatic heterocycles. The minimum absolute atomic E-state index is 0.548. The molecule has 0 saturated heterocycles. The Morgan fingerprint density at radius 1 is 0.867 bits per heavy atom. The molecule has 0 aliphatic carbocycles. The van der Waals surface area contributed by atoms with Crippen LogP contribution in [0.25, 0.3) is 0 Å². The third-order valence-corrected chi connectivity index (χ3v) is 1.58. The second kappa shape index (κ2) is 5.93. The zero-order valence-corrected chi connectivity index (χ0v) is 10.0. The molecule has 0 aliphatic rings. The lowest BCUT2D eigenvalue weighted by Gasteiger charge is -2.13. The van der Waals surface area contributed by atoms with Crippen LogP contribution in [0.5, 0.6) is 0 Å². The standard InChI is InChI=1S/C12H22O3/c1-11(2,13)7-5-9-15-10-6-8-12(3,4)14/h5-6,9-10,13-14H,7-8H2,1-4H3. The molecule has 0 rings (SSSR count). The van der Waals surface area contributed by atoms with Crippen LogP contribution in [0.3, 0.4) is 0 Å². The predicted octanol–water partition coefficient (Wildman–Crippen LogP) is 2.35. The summed E-state index contributed by atoms with van der Waals surface area (Å²) in [5.74, 6) is 0. The van der Waals surface area contributed by atoms with E-state index in [9.17, 15) is 10.2 Å². The van der Waals surface area contributed by atoms with Gasteiger partial charge in [0.05, 0.1) is 23.7 Å². The van der Waals surface area contributed by atoms with Crippen LogP contribution in [0.2, 0.25) is 0 Å². The van der Waals surface area contributed by atoms with E-state index < -0.39 is 11.2 Å². The van der Waals surface area contributed by atoms with Crippen LogP contribution < -0.4 is 0 Å². The highest BCUT2D eigenvalue weighted by molar-refractivity contribution is 4.86. The second-order valence-corrected chi connectivity index (χ2v) is 4.91. The smallest absolute Gasteiger partial charge is 0.0862 e. The average Bonchev–Trinajstić information content (AvgIpc) is 1.98. The van der Waals surface area contributed by atoms with Crippen molar-refractivity contribution in [1.82, 2.24) is 0 Å². The zero-order valence-electron chi connectivity index (χ0n) is 10.0. The molecule has 3 nitrogen and oxygen atoms in total. The van der Waals surface area contributed by atoms with Crippen LogP contribution in [-0.2, 0) is 4.74 Å². The second-order valence-electron chi connectivity index (χ2n) is 4.91. The predicted molar refractivity (Wildman–Crippen MR) is 61.2 cm³/mol. The normalized spacial score (nSPS) is 14.0. The zero-order chi connectivity index (χ0) is 11.9. The van der Waals surface area contributed by atoms with Gasteiger partial charge in [-0.1, -0.05) is 0 Å². The fourth-order valence-corrected chi connectivity index (χ4v) is 0.830. The van der Waals surface area contributed by atoms with Crippen LogP contribution in [0.1, 0.15) is 40.5 Å². The van der Waals surface area contributed by atoms with Crippen molar-refractivity contribution in [3.05, 3.63) is 24.7 Å². The maximum atomic E-state index is 9.37. The Hall–Kier alpha value is -0.800. The van der Waals surface area contributed by atoms with Crippen molar-refractivity contribution >= 4 is 0 Å². The van der Waals surface area contributed by atoms with E-state index in [0.29, 0.717) is 12.8 Å². The van der Waals surface area contributed by atoms with Gasteiger partial charge in [0.25, 0.3) is 0 Å². The van der Waals surface area contributed by atoms with E-state index in [0.717, 1.165) is 0 Å². The van der Waals surface area contributed by atoms with Crippen LogP contribution in [-0.4, -0.2) is 21.4 Å². The van der Waals surface area contributed by atoms with Crippen molar-refractivity contribution in [2.45, 2.75) is 51.7 Å². The summed E-state index contributed by atoms with van der Waals surface area (Å²) in [5.41, 5.74) is -1.40. The molecule has 0 unspecified atom stereocenters. The van der Waals surface area contributed by atoms with Gasteiger partial charge in [-0.25, -0.2) is 0 Å². The lowest BCUT2D eigenvalue weighted by atomic mass is 10.1. The molecule has 0 saturated carbocycles. The van der Waals surface area contributed by atoms with Gasteiger partial charge >= 0.3 is 0 Å². The molecule has 0 heterocycles. The molecule has 0 fully saturated rings. The summed E-state index contributed by atoms with van der Waals surface area (Å²) in [7, 11) is 0. The quantitative estimate of drug-likeness (QED) is 0.667. The number of hydrogen-bond acceptors (Lipinski definition) is 3. The molecule has 0 spiro atoms. The molecular weight excluding hydrogens is 192 g/mol. The minimum Gasteiger partial charge on any atom is -0.473 e. The highest BCUT2D eigenvalue weighted by Gasteiger charge is 2.09. The van der Waals surface area contributed by atoms with Gasteiger partial charge in [-0.05, 0) is 52.7 Å². The molecule has 0 aromatic rings. The van der Waals surface area contributed by atoms with E-state index in [1.807, 2.05) is 0 Å². The van der Waals surface area contributed by atoms with Crippen molar-refractivity contribution in [1.29, 1.82) is 0 Å². The number of ether oxygens (including phenoxy) is 1. The van der Waals surface area contributed by atoms with Gasteiger partial charge in [-0.2, -0.15) is 0 Å². The van der Waals surface area contributed by atoms with Gasteiger partial charge in [0, 0.05) is 0 Å². The van der Waals surface area contributed by atoms with Gasteiger partial charge in [-0.3, -0.25) is 0 Å². The van der Waals surface area contributed by atoms with Crippen LogP contribution in [0, 0.1) is 0 Å². The van der Waals surface area contributed by atoms with Crippen LogP contribution in [0.4, 0.5) is 0 Å². The monoisotopic (exact) mass is 214 g/mol. The Morgan fingerprint density at radius 3 is 1.47 bits per heavy atom. The third-order valence-electron chi connectivity index (χ3n) is 1.58. The van der Waals surface area contributed by atoms with Gasteiger partial charge in [0.2, 0.25) is 0 Å². The van der Waals surface area contributed by atoms with Crippen molar-refractivity contribution in [3.63, 3.8) is 0 Å². The van der Waals surface area contributed by atoms with Gasteiger partial charge < -0.3 is 14.9 Å². The molecule has 88 valence electrons. The largest absolute Gasteiger partial charge is 0.473 e. The molecule has 3 heteroatoms. The molecular formula is C12H22O3. The highest BCUT2D eigenvalue weighted by Crippen LogP contribution is 2.08. The molecule has 0 amide bonds. The van der Waals surface area contributed by atoms with Crippen LogP contribution >= 0.6 is 0 Å². The molecule has 0 aromatic carbocycles. The highest BCUT2D eigenvalue weighted by atomic mass is 16.5. The fourth-order valence-electron chi connectivity index (χ4n) is 0.830. The summed E-state index contributed by atoms with van der Waals surface area (Å²) >= 11 is 0. The molecule has 2 N–H and O–H groups in total. The van der Waals surface area contributed by atoms with Crippen molar-refractivity contribution < 1.29 is 14.9 Å². The third kappa shape index (κ3) is 13.2. The maximum Gasteiger partial charge on any atom is 0.0862 e. The van der Waals surface area contributed by atoms with E-state index in [2.05, 4.69) is 0 Å². The molecule has 0 bridgehead atoms. The summed E-state index contributed by atoms with van der Waals surface area (Å²) in [4.78, 5) is 0. The first-order valence-corrected chi connectivity index (χ1v) is 5.11. The Morgan fingerprint density at radius 2 is 1.20 bits per heavy atom. The van der Waals surface area contributed by atoms with Crippen molar-refractivity contribution in [2.75, 3.05) is 0 Å². The van der Waals surface area contributed by atoms with E-state index in [4.69, 9.17) is 4.74 Å². The summed E-state index contributed by atoms with van der Waals surface area (Å²) in [5, 5.41) is 18.7. The topological polar surface area (TPSA) is 49.7 Å². The number of aliphatic hydroxyl groups is 2. The van der Waals surface area contributed by atoms with E-state index >= 15 is 0 Å². The van der Waals surface area contributed by atoms with Gasteiger partial charge in [-0.15, -0.1) is 0 Å². The first-order chi connectivity index (χ1) is 6.71. The SMILES string of the molecule is CC(C)(O)CC=COC=CCC(C)(C)O. The summed E-state index contributed by atoms with van der Waals surface area (Å²) < 4.78 is 5.04. The van der Waals surface area contributed by atoms with Gasteiger partial charge in [0.15, 0.2) is 0 Å². The Bertz CT molecular complexity index is 192. The minimum atomic E-state index is -0.698. The molecule has 0 atom stereocenters. The van der Waals surface area contributed by atoms with E-state index in [1.165, 1.54) is 12.5 Å². The average molecular weight is 214 g/mol. The number of rotatable bonds is 6. The Balaban J connectivity index is 3.62. The summed E-state index contributed by atoms with van der Waals surface area (Å²) in [6, 6.07) is 0. The van der Waals surface area contributed by atoms with Gasteiger partial charge in [0.1, 0.15) is 0 Å². The first-order valence-electron chi connectivity index (χ1n) is 5.11. The lowest BCUT2D eigenvalue weighted by molar-refractivity contribution is 0.0833. The molecule has 0 aliphatic heterocycles. The Kier molecular flexibility index (Phi) is 5.61. The lowest BCUT2D eigenvalue weighted by Crippen LogP contribution is -2.16. The summed E-state index contributed by atoms with van der Waals surface area (Å²) in [6.45, 7) is 6.95. The Labute approximate surface area is 92.1 Å². The molecule has 15 heavy (non-hydrogen) atoms. The van der Waals surface area contributed by atoms with Crippen LogP contribution in [0.15, 0.2) is 24.7 Å². The fraction of sp³-hybridized carbons (Fsp3) is 0.667. The van der Waals surface area contributed by atoms with Crippen molar-refractivity contribution in [2.24, 2.45) is 0 Å². The number of hydrogen-bond donors (Lipinski definition) is 2. The maximum absolute atomic E-state index is 9.37. The summed E-state index contributed by atoms with van der Waals surface area (Å²) in [6.07, 6.45) is 7.67. The first kappa shape index (κ1) is 14.2. The van der Waals surface area contributed by atoms with E-state index in [1.54, 1.807) is 39.8 Å².